The van der Waals surface area contributed by atoms with Crippen LogP contribution in [0.25, 0.3) is 0 Å². The summed E-state index contributed by atoms with van der Waals surface area (Å²) in [6, 6.07) is 12.4. The number of ketones is 1. The maximum atomic E-state index is 13.3. The molecule has 0 bridgehead atoms. The predicted molar refractivity (Wildman–Crippen MR) is 124 cm³/mol. The van der Waals surface area contributed by atoms with E-state index in [-0.39, 0.29) is 12.4 Å². The van der Waals surface area contributed by atoms with Gasteiger partial charge in [0, 0.05) is 39.4 Å². The molecule has 166 valence electrons. The van der Waals surface area contributed by atoms with E-state index < -0.39 is 11.9 Å². The smallest absolute Gasteiger partial charge is 0.337 e. The standard InChI is InChI=1S/C25H23Cl2NO4/c1-14-22(25(30)32-13-15-6-9-17(31-2)10-7-15)23(18-11-8-16(26)12-19(18)27)24-20(28-14)4-3-5-21(24)29/h6-12,23,28H,3-5,13H2,1-2H3/t23-/m1/s1. The highest BCUT2D eigenvalue weighted by Crippen LogP contribution is 2.45. The van der Waals surface area contributed by atoms with Gasteiger partial charge >= 0.3 is 5.97 Å². The molecule has 7 heteroatoms. The van der Waals surface area contributed by atoms with Gasteiger partial charge in [0.2, 0.25) is 0 Å². The lowest BCUT2D eigenvalue weighted by atomic mass is 9.75. The molecule has 1 aliphatic heterocycles. The number of halogens is 2. The van der Waals surface area contributed by atoms with Crippen LogP contribution in [0.5, 0.6) is 5.75 Å². The fourth-order valence-electron chi connectivity index (χ4n) is 4.25. The number of esters is 1. The van der Waals surface area contributed by atoms with Gasteiger partial charge in [0.25, 0.3) is 0 Å². The van der Waals surface area contributed by atoms with Gasteiger partial charge in [-0.2, -0.15) is 0 Å². The Kier molecular flexibility index (Phi) is 6.58. The van der Waals surface area contributed by atoms with E-state index in [9.17, 15) is 9.59 Å². The first-order valence-electron chi connectivity index (χ1n) is 10.4. The highest BCUT2D eigenvalue weighted by atomic mass is 35.5. The molecule has 1 aliphatic carbocycles. The van der Waals surface area contributed by atoms with Crippen LogP contribution in [0.15, 0.2) is 65.0 Å². The summed E-state index contributed by atoms with van der Waals surface area (Å²) in [6.45, 7) is 1.92. The molecular weight excluding hydrogens is 449 g/mol. The Hall–Kier alpha value is -2.76. The molecule has 1 atom stereocenters. The molecule has 0 aromatic heterocycles. The summed E-state index contributed by atoms with van der Waals surface area (Å²) in [4.78, 5) is 26.3. The van der Waals surface area contributed by atoms with Gasteiger partial charge in [-0.3, -0.25) is 4.79 Å². The van der Waals surface area contributed by atoms with Crippen molar-refractivity contribution in [2.24, 2.45) is 0 Å². The third-order valence-corrected chi connectivity index (χ3v) is 6.36. The molecule has 1 heterocycles. The maximum absolute atomic E-state index is 13.3. The quantitative estimate of drug-likeness (QED) is 0.565. The van der Waals surface area contributed by atoms with Crippen LogP contribution in [0.2, 0.25) is 10.0 Å². The van der Waals surface area contributed by atoms with E-state index in [2.05, 4.69) is 5.32 Å². The van der Waals surface area contributed by atoms with Crippen LogP contribution < -0.4 is 10.1 Å². The van der Waals surface area contributed by atoms with Crippen LogP contribution in [0.4, 0.5) is 0 Å². The molecule has 0 unspecified atom stereocenters. The van der Waals surface area contributed by atoms with Crippen LogP contribution in [-0.4, -0.2) is 18.9 Å². The molecular formula is C25H23Cl2NO4. The minimum absolute atomic E-state index is 0.0164. The van der Waals surface area contributed by atoms with E-state index in [1.807, 2.05) is 31.2 Å². The van der Waals surface area contributed by atoms with Crippen LogP contribution in [0.1, 0.15) is 43.2 Å². The Labute approximate surface area is 197 Å². The topological polar surface area (TPSA) is 64.6 Å². The van der Waals surface area contributed by atoms with Crippen molar-refractivity contribution >= 4 is 35.0 Å². The lowest BCUT2D eigenvalue weighted by Gasteiger charge is -2.34. The summed E-state index contributed by atoms with van der Waals surface area (Å²) in [6.07, 6.45) is 1.96. The average Bonchev–Trinajstić information content (AvgIpc) is 2.77. The summed E-state index contributed by atoms with van der Waals surface area (Å²) in [7, 11) is 1.60. The number of rotatable bonds is 5. The van der Waals surface area contributed by atoms with Gasteiger partial charge in [-0.25, -0.2) is 4.79 Å². The number of dihydropyridines is 1. The molecule has 32 heavy (non-hydrogen) atoms. The number of methoxy groups -OCH3 is 1. The number of hydrogen-bond acceptors (Lipinski definition) is 5. The Balaban J connectivity index is 1.69. The minimum Gasteiger partial charge on any atom is -0.497 e. The molecule has 0 spiro atoms. The molecule has 4 rings (SSSR count). The lowest BCUT2D eigenvalue weighted by molar-refractivity contribution is -0.140. The van der Waals surface area contributed by atoms with Crippen molar-refractivity contribution in [3.63, 3.8) is 0 Å². The van der Waals surface area contributed by atoms with Crippen molar-refractivity contribution in [2.45, 2.75) is 38.7 Å². The number of allylic oxidation sites excluding steroid dienone is 3. The molecule has 0 saturated heterocycles. The van der Waals surface area contributed by atoms with Gasteiger partial charge in [0.1, 0.15) is 12.4 Å². The Bertz CT molecular complexity index is 1140. The maximum Gasteiger partial charge on any atom is 0.337 e. The minimum atomic E-state index is -0.604. The Morgan fingerprint density at radius 3 is 2.56 bits per heavy atom. The summed E-state index contributed by atoms with van der Waals surface area (Å²) >= 11 is 12.6. The molecule has 1 N–H and O–H groups in total. The summed E-state index contributed by atoms with van der Waals surface area (Å²) in [5.74, 6) is -0.357. The normalized spacial score (nSPS) is 18.2. The first kappa shape index (κ1) is 22.4. The van der Waals surface area contributed by atoms with Gasteiger partial charge in [0.05, 0.1) is 12.7 Å². The fraction of sp³-hybridized carbons (Fsp3) is 0.280. The van der Waals surface area contributed by atoms with Crippen molar-refractivity contribution in [3.05, 3.63) is 86.2 Å². The molecule has 2 aromatic carbocycles. The largest absolute Gasteiger partial charge is 0.497 e. The van der Waals surface area contributed by atoms with Gasteiger partial charge in [-0.15, -0.1) is 0 Å². The number of benzene rings is 2. The molecule has 2 aliphatic rings. The Morgan fingerprint density at radius 2 is 1.88 bits per heavy atom. The second kappa shape index (κ2) is 9.39. The first-order chi connectivity index (χ1) is 15.4. The number of nitrogens with one attached hydrogen (secondary N) is 1. The summed E-state index contributed by atoms with van der Waals surface area (Å²) in [5, 5.41) is 4.17. The summed E-state index contributed by atoms with van der Waals surface area (Å²) in [5.41, 5.74) is 3.97. The molecule has 5 nitrogen and oxygen atoms in total. The van der Waals surface area contributed by atoms with Crippen LogP contribution in [-0.2, 0) is 20.9 Å². The highest BCUT2D eigenvalue weighted by molar-refractivity contribution is 6.35. The molecule has 0 fully saturated rings. The van der Waals surface area contributed by atoms with Gasteiger partial charge < -0.3 is 14.8 Å². The fourth-order valence-corrected chi connectivity index (χ4v) is 4.77. The molecule has 0 saturated carbocycles. The molecule has 0 amide bonds. The van der Waals surface area contributed by atoms with Crippen molar-refractivity contribution in [1.29, 1.82) is 0 Å². The van der Waals surface area contributed by atoms with Gasteiger partial charge in [-0.05, 0) is 55.2 Å². The van der Waals surface area contributed by atoms with Crippen molar-refractivity contribution in [1.82, 2.24) is 5.32 Å². The Morgan fingerprint density at radius 1 is 1.12 bits per heavy atom. The summed E-state index contributed by atoms with van der Waals surface area (Å²) < 4.78 is 10.8. The van der Waals surface area contributed by atoms with E-state index in [0.29, 0.717) is 38.9 Å². The van der Waals surface area contributed by atoms with E-state index >= 15 is 0 Å². The average molecular weight is 472 g/mol. The lowest BCUT2D eigenvalue weighted by Crippen LogP contribution is -2.34. The zero-order valence-corrected chi connectivity index (χ0v) is 19.3. The van der Waals surface area contributed by atoms with Crippen LogP contribution in [0.3, 0.4) is 0 Å². The molecule has 2 aromatic rings. The van der Waals surface area contributed by atoms with E-state index in [1.54, 1.807) is 25.3 Å². The van der Waals surface area contributed by atoms with Crippen LogP contribution >= 0.6 is 23.2 Å². The second-order valence-corrected chi connectivity index (χ2v) is 8.70. The number of Topliss-reactive ketones (excluding diaryl/α,β-unsaturated/α-hetero) is 1. The van der Waals surface area contributed by atoms with Crippen molar-refractivity contribution in [2.75, 3.05) is 7.11 Å². The number of carbonyl (C=O) groups excluding carboxylic acids is 2. The number of carbonyl (C=O) groups is 2. The third-order valence-electron chi connectivity index (χ3n) is 5.80. The van der Waals surface area contributed by atoms with Gasteiger partial charge in [0.15, 0.2) is 5.78 Å². The van der Waals surface area contributed by atoms with E-state index in [0.717, 1.165) is 29.9 Å². The van der Waals surface area contributed by atoms with Crippen molar-refractivity contribution in [3.8, 4) is 5.75 Å². The second-order valence-electron chi connectivity index (χ2n) is 7.86. The highest BCUT2D eigenvalue weighted by Gasteiger charge is 2.40. The zero-order valence-electron chi connectivity index (χ0n) is 17.8. The molecule has 0 radical (unpaired) electrons. The van der Waals surface area contributed by atoms with Crippen molar-refractivity contribution < 1.29 is 19.1 Å². The van der Waals surface area contributed by atoms with Gasteiger partial charge in [-0.1, -0.05) is 41.4 Å². The predicted octanol–water partition coefficient (Wildman–Crippen LogP) is 5.71. The third kappa shape index (κ3) is 4.41. The zero-order chi connectivity index (χ0) is 22.8. The van der Waals surface area contributed by atoms with E-state index in [1.165, 1.54) is 0 Å². The first-order valence-corrected chi connectivity index (χ1v) is 11.1. The SMILES string of the molecule is COc1ccc(COC(=O)C2=C(C)NC3=C(C(=O)CCC3)[C@@H]2c2ccc(Cl)cc2Cl)cc1. The number of hydrogen-bond donors (Lipinski definition) is 1. The number of ether oxygens (including phenoxy) is 2. The monoisotopic (exact) mass is 471 g/mol. The van der Waals surface area contributed by atoms with E-state index in [4.69, 9.17) is 32.7 Å². The van der Waals surface area contributed by atoms with Crippen LogP contribution in [0, 0.1) is 0 Å².